The summed E-state index contributed by atoms with van der Waals surface area (Å²) >= 11 is 3.35. The van der Waals surface area contributed by atoms with Crippen LogP contribution in [-0.4, -0.2) is 31.1 Å². The number of benzene rings is 1. The second-order valence-electron chi connectivity index (χ2n) is 4.38. The van der Waals surface area contributed by atoms with Gasteiger partial charge in [-0.1, -0.05) is 22.0 Å². The van der Waals surface area contributed by atoms with Crippen molar-refractivity contribution >= 4 is 21.8 Å². The molecule has 1 amide bonds. The molecule has 0 saturated heterocycles. The molecule has 22 heavy (non-hydrogen) atoms. The zero-order valence-corrected chi connectivity index (χ0v) is 12.9. The van der Waals surface area contributed by atoms with Crippen LogP contribution in [-0.2, 0) is 6.54 Å². The third-order valence-electron chi connectivity index (χ3n) is 2.83. The maximum absolute atomic E-state index is 12.0. The molecule has 0 aliphatic heterocycles. The van der Waals surface area contributed by atoms with Gasteiger partial charge in [-0.3, -0.25) is 9.78 Å². The summed E-state index contributed by atoms with van der Waals surface area (Å²) in [6.07, 6.45) is 1.67. The molecular weight excluding hydrogens is 348 g/mol. The SMILES string of the molecule is O=C(NCc1ccccn1)c1nnn(-c2ccc(Br)cc2)n1. The fourth-order valence-corrected chi connectivity index (χ4v) is 2.01. The first-order valence-electron chi connectivity index (χ1n) is 6.46. The first-order chi connectivity index (χ1) is 10.7. The largest absolute Gasteiger partial charge is 0.344 e. The van der Waals surface area contributed by atoms with Crippen molar-refractivity contribution in [3.8, 4) is 5.69 Å². The zero-order valence-electron chi connectivity index (χ0n) is 11.3. The molecule has 0 atom stereocenters. The van der Waals surface area contributed by atoms with Crippen molar-refractivity contribution in [2.24, 2.45) is 0 Å². The van der Waals surface area contributed by atoms with Crippen LogP contribution < -0.4 is 5.32 Å². The number of hydrogen-bond donors (Lipinski definition) is 1. The summed E-state index contributed by atoms with van der Waals surface area (Å²) in [6.45, 7) is 0.312. The van der Waals surface area contributed by atoms with Crippen LogP contribution in [0.5, 0.6) is 0 Å². The Morgan fingerprint density at radius 1 is 1.18 bits per heavy atom. The molecule has 7 nitrogen and oxygen atoms in total. The van der Waals surface area contributed by atoms with Gasteiger partial charge in [-0.15, -0.1) is 15.0 Å². The first-order valence-corrected chi connectivity index (χ1v) is 7.26. The molecule has 0 fully saturated rings. The molecule has 2 heterocycles. The van der Waals surface area contributed by atoms with Crippen molar-refractivity contribution in [1.82, 2.24) is 30.5 Å². The Bertz CT molecular complexity index is 772. The van der Waals surface area contributed by atoms with Crippen molar-refractivity contribution in [2.75, 3.05) is 0 Å². The van der Waals surface area contributed by atoms with Crippen LogP contribution in [0.2, 0.25) is 0 Å². The van der Waals surface area contributed by atoms with Crippen molar-refractivity contribution in [3.05, 3.63) is 64.7 Å². The molecule has 110 valence electrons. The number of hydrogen-bond acceptors (Lipinski definition) is 5. The fourth-order valence-electron chi connectivity index (χ4n) is 1.74. The summed E-state index contributed by atoms with van der Waals surface area (Å²) in [6, 6.07) is 12.9. The number of rotatable bonds is 4. The summed E-state index contributed by atoms with van der Waals surface area (Å²) in [5, 5.41) is 14.4. The lowest BCUT2D eigenvalue weighted by atomic mass is 10.3. The van der Waals surface area contributed by atoms with Crippen molar-refractivity contribution in [3.63, 3.8) is 0 Å². The van der Waals surface area contributed by atoms with Gasteiger partial charge in [-0.05, 0) is 41.6 Å². The standard InChI is InChI=1S/C14H11BrN6O/c15-10-4-6-12(7-5-10)21-19-13(18-20-21)14(22)17-9-11-3-1-2-8-16-11/h1-8H,9H2,(H,17,22). The summed E-state index contributed by atoms with van der Waals surface area (Å²) in [7, 11) is 0. The van der Waals surface area contributed by atoms with Gasteiger partial charge < -0.3 is 5.32 Å². The van der Waals surface area contributed by atoms with Gasteiger partial charge in [-0.2, -0.15) is 0 Å². The van der Waals surface area contributed by atoms with Gasteiger partial charge >= 0.3 is 0 Å². The van der Waals surface area contributed by atoms with Gasteiger partial charge in [-0.25, -0.2) is 0 Å². The maximum atomic E-state index is 12.0. The van der Waals surface area contributed by atoms with Crippen LogP contribution in [0.3, 0.4) is 0 Å². The van der Waals surface area contributed by atoms with Gasteiger partial charge in [0.1, 0.15) is 0 Å². The Morgan fingerprint density at radius 3 is 2.73 bits per heavy atom. The Balaban J connectivity index is 1.68. The monoisotopic (exact) mass is 358 g/mol. The predicted molar refractivity (Wildman–Crippen MR) is 82.3 cm³/mol. The van der Waals surface area contributed by atoms with Crippen LogP contribution in [0, 0.1) is 0 Å². The van der Waals surface area contributed by atoms with E-state index in [2.05, 4.69) is 41.6 Å². The minimum atomic E-state index is -0.394. The Kier molecular flexibility index (Phi) is 4.19. The second kappa shape index (κ2) is 6.44. The van der Waals surface area contributed by atoms with Crippen molar-refractivity contribution in [1.29, 1.82) is 0 Å². The smallest absolute Gasteiger partial charge is 0.293 e. The lowest BCUT2D eigenvalue weighted by Crippen LogP contribution is -2.24. The van der Waals surface area contributed by atoms with E-state index in [4.69, 9.17) is 0 Å². The van der Waals surface area contributed by atoms with Crippen molar-refractivity contribution < 1.29 is 4.79 Å². The third kappa shape index (κ3) is 3.34. The minimum absolute atomic E-state index is 0.0128. The average molecular weight is 359 g/mol. The predicted octanol–water partition coefficient (Wildman–Crippen LogP) is 1.75. The quantitative estimate of drug-likeness (QED) is 0.767. The summed E-state index contributed by atoms with van der Waals surface area (Å²) in [4.78, 5) is 17.4. The lowest BCUT2D eigenvalue weighted by Gasteiger charge is -2.01. The molecule has 3 rings (SSSR count). The van der Waals surface area contributed by atoms with E-state index in [9.17, 15) is 4.79 Å². The number of carbonyl (C=O) groups is 1. The molecule has 1 aromatic carbocycles. The van der Waals surface area contributed by atoms with E-state index in [1.54, 1.807) is 6.20 Å². The van der Waals surface area contributed by atoms with Crippen LogP contribution in [0.15, 0.2) is 53.1 Å². The van der Waals surface area contributed by atoms with E-state index in [-0.39, 0.29) is 5.82 Å². The summed E-state index contributed by atoms with van der Waals surface area (Å²) < 4.78 is 0.949. The maximum Gasteiger partial charge on any atom is 0.293 e. The van der Waals surface area contributed by atoms with Gasteiger partial charge in [0.05, 0.1) is 17.9 Å². The van der Waals surface area contributed by atoms with E-state index in [0.29, 0.717) is 6.54 Å². The van der Waals surface area contributed by atoms with Crippen LogP contribution >= 0.6 is 15.9 Å². The molecule has 0 spiro atoms. The van der Waals surface area contributed by atoms with Crippen LogP contribution in [0.4, 0.5) is 0 Å². The second-order valence-corrected chi connectivity index (χ2v) is 5.30. The molecule has 0 bridgehead atoms. The Hall–Kier alpha value is -2.61. The molecular formula is C14H11BrN6O. The van der Waals surface area contributed by atoms with E-state index < -0.39 is 5.91 Å². The molecule has 0 radical (unpaired) electrons. The highest BCUT2D eigenvalue weighted by atomic mass is 79.9. The van der Waals surface area contributed by atoms with Gasteiger partial charge in [0.2, 0.25) is 0 Å². The Morgan fingerprint density at radius 2 is 2.00 bits per heavy atom. The summed E-state index contributed by atoms with van der Waals surface area (Å²) in [5.41, 5.74) is 1.48. The molecule has 0 aliphatic carbocycles. The lowest BCUT2D eigenvalue weighted by molar-refractivity contribution is 0.0940. The average Bonchev–Trinajstić information content (AvgIpc) is 3.04. The number of tetrazole rings is 1. The number of nitrogens with zero attached hydrogens (tertiary/aromatic N) is 5. The zero-order chi connectivity index (χ0) is 15.4. The highest BCUT2D eigenvalue weighted by Crippen LogP contribution is 2.12. The number of halogens is 1. The highest BCUT2D eigenvalue weighted by molar-refractivity contribution is 9.10. The number of amides is 1. The number of nitrogens with one attached hydrogen (secondary N) is 1. The van der Waals surface area contributed by atoms with Gasteiger partial charge in [0, 0.05) is 10.7 Å². The van der Waals surface area contributed by atoms with E-state index in [1.807, 2.05) is 42.5 Å². The number of pyridine rings is 1. The minimum Gasteiger partial charge on any atom is -0.344 e. The molecule has 0 saturated carbocycles. The highest BCUT2D eigenvalue weighted by Gasteiger charge is 2.13. The molecule has 0 aliphatic rings. The first kappa shape index (κ1) is 14.3. The summed E-state index contributed by atoms with van der Waals surface area (Å²) in [5.74, 6) is -0.382. The third-order valence-corrected chi connectivity index (χ3v) is 3.36. The van der Waals surface area contributed by atoms with E-state index >= 15 is 0 Å². The van der Waals surface area contributed by atoms with Gasteiger partial charge in [0.15, 0.2) is 0 Å². The molecule has 2 aromatic heterocycles. The molecule has 1 N–H and O–H groups in total. The van der Waals surface area contributed by atoms with Crippen LogP contribution in [0.25, 0.3) is 5.69 Å². The molecule has 3 aromatic rings. The van der Waals surface area contributed by atoms with E-state index in [0.717, 1.165) is 15.9 Å². The molecule has 0 unspecified atom stereocenters. The number of carbonyl (C=O) groups excluding carboxylic acids is 1. The normalized spacial score (nSPS) is 10.4. The van der Waals surface area contributed by atoms with Gasteiger partial charge in [0.25, 0.3) is 11.7 Å². The number of aromatic nitrogens is 5. The fraction of sp³-hybridized carbons (Fsp3) is 0.0714. The van der Waals surface area contributed by atoms with Crippen LogP contribution in [0.1, 0.15) is 16.3 Å². The topological polar surface area (TPSA) is 85.6 Å². The Labute approximate surface area is 134 Å². The molecule has 8 heteroatoms. The van der Waals surface area contributed by atoms with Crippen molar-refractivity contribution in [2.45, 2.75) is 6.54 Å². The van der Waals surface area contributed by atoms with E-state index in [1.165, 1.54) is 4.80 Å².